The highest BCUT2D eigenvalue weighted by Gasteiger charge is 2.13. The van der Waals surface area contributed by atoms with Gasteiger partial charge in [0.2, 0.25) is 0 Å². The summed E-state index contributed by atoms with van der Waals surface area (Å²) in [5.41, 5.74) is 3.96. The number of carbonyl (C=O) groups is 1. The number of benzene rings is 3. The van der Waals surface area contributed by atoms with Gasteiger partial charge in [0.05, 0.1) is 16.3 Å². The third-order valence-electron chi connectivity index (χ3n) is 3.98. The van der Waals surface area contributed by atoms with Crippen molar-refractivity contribution in [2.24, 2.45) is 5.10 Å². The van der Waals surface area contributed by atoms with Crippen LogP contribution in [0.1, 0.15) is 29.3 Å². The molecule has 3 aromatic carbocycles. The van der Waals surface area contributed by atoms with Crippen LogP contribution in [0.3, 0.4) is 0 Å². The SMILES string of the molecule is CC/C(=N\NC(=O)c1cc2ccccc2cc1O)c1ccc(Cl)cc1Cl. The highest BCUT2D eigenvalue weighted by atomic mass is 35.5. The van der Waals surface area contributed by atoms with Crippen LogP contribution in [0.25, 0.3) is 10.8 Å². The molecule has 1 amide bonds. The molecule has 0 aliphatic heterocycles. The largest absolute Gasteiger partial charge is 0.507 e. The van der Waals surface area contributed by atoms with Crippen LogP contribution in [0.15, 0.2) is 59.7 Å². The van der Waals surface area contributed by atoms with Crippen LogP contribution in [-0.4, -0.2) is 16.7 Å². The van der Waals surface area contributed by atoms with E-state index in [4.69, 9.17) is 23.2 Å². The standard InChI is InChI=1S/C20H16Cl2N2O2/c1-2-18(15-8-7-14(21)11-17(15)22)23-24-20(26)16-9-12-5-3-4-6-13(12)10-19(16)25/h3-11,25H,2H2,1H3,(H,24,26)/b23-18+. The normalized spacial score (nSPS) is 11.6. The number of hydrazone groups is 1. The smallest absolute Gasteiger partial charge is 0.275 e. The van der Waals surface area contributed by atoms with Crippen molar-refractivity contribution >= 4 is 45.6 Å². The summed E-state index contributed by atoms with van der Waals surface area (Å²) in [6, 6.07) is 15.8. The fraction of sp³-hybridized carbons (Fsp3) is 0.100. The maximum atomic E-state index is 12.5. The first kappa shape index (κ1) is 18.2. The maximum absolute atomic E-state index is 12.5. The Balaban J connectivity index is 1.89. The Morgan fingerprint density at radius 1 is 1.04 bits per heavy atom. The molecule has 3 aromatic rings. The Hall–Kier alpha value is -2.56. The van der Waals surface area contributed by atoms with Crippen LogP contribution >= 0.6 is 23.2 Å². The van der Waals surface area contributed by atoms with E-state index in [1.807, 2.05) is 31.2 Å². The van der Waals surface area contributed by atoms with Gasteiger partial charge < -0.3 is 5.11 Å². The number of phenols is 1. The predicted molar refractivity (Wildman–Crippen MR) is 106 cm³/mol. The summed E-state index contributed by atoms with van der Waals surface area (Å²) in [4.78, 5) is 12.5. The van der Waals surface area contributed by atoms with Crippen molar-refractivity contribution in [2.75, 3.05) is 0 Å². The minimum atomic E-state index is -0.496. The lowest BCUT2D eigenvalue weighted by molar-refractivity contribution is 0.0952. The summed E-state index contributed by atoms with van der Waals surface area (Å²) in [5, 5.41) is 17.0. The molecule has 0 saturated carbocycles. The highest BCUT2D eigenvalue weighted by molar-refractivity contribution is 6.37. The minimum Gasteiger partial charge on any atom is -0.507 e. The van der Waals surface area contributed by atoms with Gasteiger partial charge in [0.1, 0.15) is 5.75 Å². The molecule has 2 N–H and O–H groups in total. The van der Waals surface area contributed by atoms with Gasteiger partial charge in [-0.05, 0) is 41.5 Å². The van der Waals surface area contributed by atoms with Crippen LogP contribution in [0.4, 0.5) is 0 Å². The predicted octanol–water partition coefficient (Wildman–Crippen LogP) is 5.40. The van der Waals surface area contributed by atoms with Crippen molar-refractivity contribution < 1.29 is 9.90 Å². The molecule has 0 saturated heterocycles. The average molecular weight is 387 g/mol. The van der Waals surface area contributed by atoms with Crippen molar-refractivity contribution in [3.8, 4) is 5.75 Å². The van der Waals surface area contributed by atoms with Gasteiger partial charge in [-0.25, -0.2) is 5.43 Å². The second-order valence-electron chi connectivity index (χ2n) is 5.69. The molecule has 6 heteroatoms. The minimum absolute atomic E-state index is 0.0982. The van der Waals surface area contributed by atoms with Crippen LogP contribution < -0.4 is 5.43 Å². The van der Waals surface area contributed by atoms with E-state index in [1.54, 1.807) is 30.3 Å². The number of fused-ring (bicyclic) bond motifs is 1. The Morgan fingerprint density at radius 2 is 1.73 bits per heavy atom. The van der Waals surface area contributed by atoms with Gasteiger partial charge in [-0.1, -0.05) is 60.5 Å². The fourth-order valence-corrected chi connectivity index (χ4v) is 3.16. The number of phenolic OH excluding ortho intramolecular Hbond substituents is 1. The molecular formula is C20H16Cl2N2O2. The van der Waals surface area contributed by atoms with Crippen LogP contribution in [0.5, 0.6) is 5.75 Å². The Bertz CT molecular complexity index is 1020. The van der Waals surface area contributed by atoms with Crippen LogP contribution in [0.2, 0.25) is 10.0 Å². The van der Waals surface area contributed by atoms with Gasteiger partial charge >= 0.3 is 0 Å². The van der Waals surface area contributed by atoms with Gasteiger partial charge in [0, 0.05) is 10.6 Å². The van der Waals surface area contributed by atoms with Crippen molar-refractivity contribution in [2.45, 2.75) is 13.3 Å². The highest BCUT2D eigenvalue weighted by Crippen LogP contribution is 2.25. The number of hydrogen-bond donors (Lipinski definition) is 2. The number of rotatable bonds is 4. The van der Waals surface area contributed by atoms with Gasteiger partial charge in [-0.15, -0.1) is 0 Å². The summed E-state index contributed by atoms with van der Waals surface area (Å²) < 4.78 is 0. The molecule has 4 nitrogen and oxygen atoms in total. The molecule has 0 spiro atoms. The summed E-state index contributed by atoms with van der Waals surface area (Å²) in [7, 11) is 0. The summed E-state index contributed by atoms with van der Waals surface area (Å²) in [6.45, 7) is 1.91. The lowest BCUT2D eigenvalue weighted by Crippen LogP contribution is -2.20. The number of nitrogens with zero attached hydrogens (tertiary/aromatic N) is 1. The lowest BCUT2D eigenvalue weighted by Gasteiger charge is -2.09. The van der Waals surface area contributed by atoms with Crippen LogP contribution in [-0.2, 0) is 0 Å². The van der Waals surface area contributed by atoms with Gasteiger partial charge in [0.25, 0.3) is 5.91 Å². The molecule has 0 bridgehead atoms. The monoisotopic (exact) mass is 386 g/mol. The molecule has 0 radical (unpaired) electrons. The van der Waals surface area contributed by atoms with E-state index in [1.165, 1.54) is 0 Å². The zero-order valence-corrected chi connectivity index (χ0v) is 15.5. The first-order chi connectivity index (χ1) is 12.5. The molecular weight excluding hydrogens is 371 g/mol. The molecule has 0 heterocycles. The molecule has 3 rings (SSSR count). The quantitative estimate of drug-likeness (QED) is 0.465. The van der Waals surface area contributed by atoms with Gasteiger partial charge in [-0.3, -0.25) is 4.79 Å². The maximum Gasteiger partial charge on any atom is 0.275 e. The zero-order valence-electron chi connectivity index (χ0n) is 14.0. The van der Waals surface area contributed by atoms with E-state index in [9.17, 15) is 9.90 Å². The van der Waals surface area contributed by atoms with Gasteiger partial charge in [-0.2, -0.15) is 5.10 Å². The number of nitrogens with one attached hydrogen (secondary N) is 1. The lowest BCUT2D eigenvalue weighted by atomic mass is 10.1. The number of hydrogen-bond acceptors (Lipinski definition) is 3. The van der Waals surface area contributed by atoms with E-state index in [-0.39, 0.29) is 11.3 Å². The second-order valence-corrected chi connectivity index (χ2v) is 6.54. The second kappa shape index (κ2) is 7.77. The van der Waals surface area contributed by atoms with Crippen molar-refractivity contribution in [3.05, 3.63) is 75.8 Å². The summed E-state index contributed by atoms with van der Waals surface area (Å²) in [5.74, 6) is -0.594. The van der Waals surface area contributed by atoms with Gasteiger partial charge in [0.15, 0.2) is 0 Å². The fourth-order valence-electron chi connectivity index (χ4n) is 2.64. The van der Waals surface area contributed by atoms with E-state index in [0.29, 0.717) is 27.7 Å². The summed E-state index contributed by atoms with van der Waals surface area (Å²) >= 11 is 12.1. The Kier molecular flexibility index (Phi) is 5.45. The van der Waals surface area contributed by atoms with E-state index in [2.05, 4.69) is 10.5 Å². The number of aromatic hydroxyl groups is 1. The molecule has 0 fully saturated rings. The number of amides is 1. The molecule has 0 unspecified atom stereocenters. The number of carbonyl (C=O) groups excluding carboxylic acids is 1. The van der Waals surface area contributed by atoms with E-state index < -0.39 is 5.91 Å². The van der Waals surface area contributed by atoms with Crippen molar-refractivity contribution in [1.29, 1.82) is 0 Å². The molecule has 0 aliphatic rings. The first-order valence-electron chi connectivity index (χ1n) is 8.03. The Morgan fingerprint density at radius 3 is 2.38 bits per heavy atom. The summed E-state index contributed by atoms with van der Waals surface area (Å²) in [6.07, 6.45) is 0.561. The Labute approximate surface area is 161 Å². The zero-order chi connectivity index (χ0) is 18.7. The first-order valence-corrected chi connectivity index (χ1v) is 8.79. The third kappa shape index (κ3) is 3.82. The average Bonchev–Trinajstić information content (AvgIpc) is 2.62. The molecule has 26 heavy (non-hydrogen) atoms. The van der Waals surface area contributed by atoms with Crippen molar-refractivity contribution in [3.63, 3.8) is 0 Å². The molecule has 0 aromatic heterocycles. The topological polar surface area (TPSA) is 61.7 Å². The number of halogens is 2. The molecule has 0 atom stereocenters. The molecule has 132 valence electrons. The third-order valence-corrected chi connectivity index (χ3v) is 4.53. The van der Waals surface area contributed by atoms with E-state index in [0.717, 1.165) is 10.8 Å². The van der Waals surface area contributed by atoms with Crippen LogP contribution in [0, 0.1) is 0 Å². The van der Waals surface area contributed by atoms with E-state index >= 15 is 0 Å². The molecule has 0 aliphatic carbocycles. The van der Waals surface area contributed by atoms with Crippen molar-refractivity contribution in [1.82, 2.24) is 5.43 Å².